The zero-order chi connectivity index (χ0) is 18.0. The highest BCUT2D eigenvalue weighted by Crippen LogP contribution is 2.35. The number of benzene rings is 2. The Morgan fingerprint density at radius 1 is 1.20 bits per heavy atom. The van der Waals surface area contributed by atoms with Gasteiger partial charge in [-0.05, 0) is 36.6 Å². The molecule has 1 aromatic heterocycles. The van der Waals surface area contributed by atoms with Crippen molar-refractivity contribution < 1.29 is 4.39 Å². The minimum absolute atomic E-state index is 0.0308. The molecule has 3 rings (SSSR count). The van der Waals surface area contributed by atoms with Gasteiger partial charge in [-0.15, -0.1) is 0 Å². The van der Waals surface area contributed by atoms with Crippen molar-refractivity contribution >= 4 is 34.0 Å². The predicted octanol–water partition coefficient (Wildman–Crippen LogP) is 4.33. The third kappa shape index (κ3) is 3.32. The van der Waals surface area contributed by atoms with Crippen LogP contribution in [0.2, 0.25) is 5.02 Å². The smallest absolute Gasteiger partial charge is 0.191 e. The standard InChI is InChI=1S/C19H16ClFN4/c1-2-16(25-19(22)23)12-7-6-11-8-9-24-18(13(11)10-12)17-14(20)4-3-5-15(17)21/h2-10H,1H3,(H4,22,23,25). The molecule has 0 saturated carbocycles. The number of nitrogens with two attached hydrogens (primary N) is 2. The van der Waals surface area contributed by atoms with E-state index in [1.165, 1.54) is 6.07 Å². The number of hydrogen-bond acceptors (Lipinski definition) is 2. The lowest BCUT2D eigenvalue weighted by Gasteiger charge is -2.11. The molecular formula is C19H16ClFN4. The lowest BCUT2D eigenvalue weighted by Crippen LogP contribution is -2.22. The van der Waals surface area contributed by atoms with Crippen LogP contribution < -0.4 is 11.5 Å². The number of rotatable bonds is 3. The molecule has 0 fully saturated rings. The molecule has 3 aromatic rings. The molecule has 4 N–H and O–H groups in total. The van der Waals surface area contributed by atoms with Crippen molar-refractivity contribution in [3.05, 3.63) is 71.1 Å². The van der Waals surface area contributed by atoms with Crippen molar-refractivity contribution in [2.75, 3.05) is 0 Å². The van der Waals surface area contributed by atoms with Gasteiger partial charge >= 0.3 is 0 Å². The van der Waals surface area contributed by atoms with Gasteiger partial charge in [-0.1, -0.05) is 35.9 Å². The topological polar surface area (TPSA) is 77.3 Å². The minimum Gasteiger partial charge on any atom is -0.370 e. The molecule has 0 aliphatic rings. The number of aromatic nitrogens is 1. The van der Waals surface area contributed by atoms with E-state index in [0.717, 1.165) is 16.3 Å². The molecule has 2 aromatic carbocycles. The Labute approximate surface area is 149 Å². The van der Waals surface area contributed by atoms with E-state index in [4.69, 9.17) is 23.1 Å². The Hall–Kier alpha value is -2.92. The average molecular weight is 355 g/mol. The van der Waals surface area contributed by atoms with Crippen LogP contribution in [-0.2, 0) is 0 Å². The maximum absolute atomic E-state index is 14.4. The maximum Gasteiger partial charge on any atom is 0.191 e. The summed E-state index contributed by atoms with van der Waals surface area (Å²) < 4.78 is 14.4. The molecule has 0 aliphatic carbocycles. The van der Waals surface area contributed by atoms with Gasteiger partial charge in [0.05, 0.1) is 22.0 Å². The predicted molar refractivity (Wildman–Crippen MR) is 102 cm³/mol. The number of fused-ring (bicyclic) bond motifs is 1. The van der Waals surface area contributed by atoms with Crippen LogP contribution in [0.3, 0.4) is 0 Å². The van der Waals surface area contributed by atoms with Crippen molar-refractivity contribution in [2.45, 2.75) is 6.92 Å². The fourth-order valence-electron chi connectivity index (χ4n) is 2.69. The molecule has 0 radical (unpaired) electrons. The third-order valence-corrected chi connectivity index (χ3v) is 4.10. The van der Waals surface area contributed by atoms with E-state index in [0.29, 0.717) is 16.4 Å². The zero-order valence-electron chi connectivity index (χ0n) is 13.5. The lowest BCUT2D eigenvalue weighted by atomic mass is 10.00. The lowest BCUT2D eigenvalue weighted by molar-refractivity contribution is 0.631. The normalized spacial score (nSPS) is 11.6. The van der Waals surface area contributed by atoms with E-state index in [2.05, 4.69) is 9.98 Å². The van der Waals surface area contributed by atoms with Gasteiger partial charge in [-0.3, -0.25) is 4.98 Å². The first-order valence-corrected chi connectivity index (χ1v) is 7.98. The van der Waals surface area contributed by atoms with Crippen LogP contribution in [-0.4, -0.2) is 10.9 Å². The van der Waals surface area contributed by atoms with Gasteiger partial charge in [0, 0.05) is 17.1 Å². The highest BCUT2D eigenvalue weighted by Gasteiger charge is 2.15. The largest absolute Gasteiger partial charge is 0.370 e. The average Bonchev–Trinajstić information content (AvgIpc) is 2.59. The first kappa shape index (κ1) is 16.9. The van der Waals surface area contributed by atoms with Crippen molar-refractivity contribution in [3.8, 4) is 11.3 Å². The van der Waals surface area contributed by atoms with Crippen molar-refractivity contribution in [2.24, 2.45) is 16.5 Å². The highest BCUT2D eigenvalue weighted by atomic mass is 35.5. The summed E-state index contributed by atoms with van der Waals surface area (Å²) in [6.45, 7) is 1.84. The second kappa shape index (κ2) is 6.91. The van der Waals surface area contributed by atoms with Gasteiger partial charge in [0.15, 0.2) is 5.96 Å². The number of guanidine groups is 1. The molecule has 25 heavy (non-hydrogen) atoms. The van der Waals surface area contributed by atoms with Crippen LogP contribution in [0.1, 0.15) is 12.5 Å². The highest BCUT2D eigenvalue weighted by molar-refractivity contribution is 6.33. The summed E-state index contributed by atoms with van der Waals surface area (Å²) in [6, 6.07) is 12.1. The molecule has 126 valence electrons. The second-order valence-electron chi connectivity index (χ2n) is 5.40. The van der Waals surface area contributed by atoms with Crippen LogP contribution in [0.25, 0.3) is 27.7 Å². The molecule has 0 aliphatic heterocycles. The molecular weight excluding hydrogens is 339 g/mol. The van der Waals surface area contributed by atoms with Gasteiger partial charge in [-0.2, -0.15) is 0 Å². The summed E-state index contributed by atoms with van der Waals surface area (Å²) in [5.74, 6) is -0.454. The SMILES string of the molecule is CC=C(N=C(N)N)c1ccc2ccnc(-c3c(F)cccc3Cl)c2c1. The van der Waals surface area contributed by atoms with Gasteiger partial charge in [-0.25, -0.2) is 9.38 Å². The summed E-state index contributed by atoms with van der Waals surface area (Å²) in [5.41, 5.74) is 13.1. The van der Waals surface area contributed by atoms with E-state index in [1.54, 1.807) is 24.4 Å². The molecule has 0 unspecified atom stereocenters. The van der Waals surface area contributed by atoms with Crippen LogP contribution in [0.4, 0.5) is 4.39 Å². The van der Waals surface area contributed by atoms with Gasteiger partial charge in [0.2, 0.25) is 0 Å². The van der Waals surface area contributed by atoms with Crippen LogP contribution in [0.5, 0.6) is 0 Å². The number of aliphatic imine (C=N–C) groups is 1. The number of pyridine rings is 1. The Bertz CT molecular complexity index is 987. The van der Waals surface area contributed by atoms with E-state index in [-0.39, 0.29) is 11.5 Å². The summed E-state index contributed by atoms with van der Waals surface area (Å²) in [5, 5.41) is 1.98. The van der Waals surface area contributed by atoms with Crippen molar-refractivity contribution in [1.82, 2.24) is 4.98 Å². The van der Waals surface area contributed by atoms with E-state index < -0.39 is 5.82 Å². The number of nitrogens with zero attached hydrogens (tertiary/aromatic N) is 2. The first-order valence-electron chi connectivity index (χ1n) is 7.60. The van der Waals surface area contributed by atoms with Gasteiger partial charge in [0.25, 0.3) is 0 Å². The Morgan fingerprint density at radius 3 is 2.68 bits per heavy atom. The molecule has 0 saturated heterocycles. The molecule has 1 heterocycles. The Kier molecular flexibility index (Phi) is 4.67. The quantitative estimate of drug-likeness (QED) is 0.543. The van der Waals surface area contributed by atoms with Crippen molar-refractivity contribution in [1.29, 1.82) is 0 Å². The minimum atomic E-state index is -0.423. The molecule has 0 amide bonds. The van der Waals surface area contributed by atoms with Crippen LogP contribution >= 0.6 is 11.6 Å². The fraction of sp³-hybridized carbons (Fsp3) is 0.0526. The number of halogens is 2. The summed E-state index contributed by atoms with van der Waals surface area (Å²) in [4.78, 5) is 8.48. The van der Waals surface area contributed by atoms with Crippen LogP contribution in [0.15, 0.2) is 59.7 Å². The maximum atomic E-state index is 14.4. The number of hydrogen-bond donors (Lipinski definition) is 2. The molecule has 0 atom stereocenters. The van der Waals surface area contributed by atoms with Crippen molar-refractivity contribution in [3.63, 3.8) is 0 Å². The van der Waals surface area contributed by atoms with E-state index in [1.807, 2.05) is 31.2 Å². The first-order chi connectivity index (χ1) is 12.0. The monoisotopic (exact) mass is 354 g/mol. The molecule has 0 bridgehead atoms. The third-order valence-electron chi connectivity index (χ3n) is 3.78. The summed E-state index contributed by atoms with van der Waals surface area (Å²) in [6.07, 6.45) is 3.43. The van der Waals surface area contributed by atoms with Crippen LogP contribution in [0, 0.1) is 5.82 Å². The molecule has 4 nitrogen and oxygen atoms in total. The van der Waals surface area contributed by atoms with Gasteiger partial charge in [0.1, 0.15) is 5.82 Å². The zero-order valence-corrected chi connectivity index (χ0v) is 14.3. The molecule has 6 heteroatoms. The molecule has 0 spiro atoms. The summed E-state index contributed by atoms with van der Waals surface area (Å²) in [7, 11) is 0. The van der Waals surface area contributed by atoms with Gasteiger partial charge < -0.3 is 11.5 Å². The van der Waals surface area contributed by atoms with E-state index >= 15 is 0 Å². The second-order valence-corrected chi connectivity index (χ2v) is 5.81. The fourth-order valence-corrected chi connectivity index (χ4v) is 2.94. The Morgan fingerprint density at radius 2 is 2.00 bits per heavy atom. The Balaban J connectivity index is 2.28. The number of allylic oxidation sites excluding steroid dienone is 1. The van der Waals surface area contributed by atoms with E-state index in [9.17, 15) is 4.39 Å². The summed E-state index contributed by atoms with van der Waals surface area (Å²) >= 11 is 6.22.